The Labute approximate surface area is 67.7 Å². The van der Waals surface area contributed by atoms with Crippen LogP contribution in [-0.4, -0.2) is 18.8 Å². The number of hydrogen-bond donors (Lipinski definition) is 2. The van der Waals surface area contributed by atoms with E-state index in [1.54, 1.807) is 0 Å². The first kappa shape index (κ1) is 16.2. The van der Waals surface area contributed by atoms with Crippen LogP contribution in [0.2, 0.25) is 0 Å². The molecule has 1 fully saturated rings. The highest BCUT2D eigenvalue weighted by atomic mass is 35.5. The van der Waals surface area contributed by atoms with Crippen LogP contribution in [0.15, 0.2) is 0 Å². The maximum absolute atomic E-state index is 5.24. The summed E-state index contributed by atoms with van der Waals surface area (Å²) in [6, 6.07) is 0. The summed E-state index contributed by atoms with van der Waals surface area (Å²) in [6.45, 7) is 3.52. The number of rotatable bonds is 1. The molecule has 5 heteroatoms. The average Bonchev–Trinajstić information content (AvgIpc) is 2.22. The van der Waals surface area contributed by atoms with E-state index in [9.17, 15) is 0 Å². The van der Waals surface area contributed by atoms with Crippen molar-refractivity contribution in [3.05, 3.63) is 0 Å². The first-order valence-corrected chi connectivity index (χ1v) is 2.11. The number of epoxide rings is 1. The van der Waals surface area contributed by atoms with Crippen LogP contribution in [0.25, 0.3) is 0 Å². The number of halogens is 2. The SMILES string of the molecule is CC1(CN)CO1.Cl.Cl.N. The molecular formula is C4H14Cl2N2O. The van der Waals surface area contributed by atoms with Gasteiger partial charge in [-0.15, -0.1) is 24.8 Å². The fourth-order valence-electron chi connectivity index (χ4n) is 0.241. The summed E-state index contributed by atoms with van der Waals surface area (Å²) in [5.74, 6) is 0. The van der Waals surface area contributed by atoms with Gasteiger partial charge < -0.3 is 16.6 Å². The Bertz CT molecular complexity index is 67.6. The lowest BCUT2D eigenvalue weighted by atomic mass is 10.2. The molecule has 9 heavy (non-hydrogen) atoms. The lowest BCUT2D eigenvalue weighted by Gasteiger charge is -1.92. The second kappa shape index (κ2) is 5.26. The molecule has 0 aromatic heterocycles. The van der Waals surface area contributed by atoms with E-state index < -0.39 is 0 Å². The molecule has 3 nitrogen and oxygen atoms in total. The molecule has 1 heterocycles. The van der Waals surface area contributed by atoms with Gasteiger partial charge in [-0.1, -0.05) is 0 Å². The average molecular weight is 177 g/mol. The molecule has 0 aliphatic carbocycles. The third-order valence-electron chi connectivity index (χ3n) is 1.07. The Balaban J connectivity index is -0.000000120. The second-order valence-corrected chi connectivity index (χ2v) is 1.94. The zero-order valence-corrected chi connectivity index (χ0v) is 7.06. The van der Waals surface area contributed by atoms with Gasteiger partial charge in [0.1, 0.15) is 5.60 Å². The molecule has 1 unspecified atom stereocenters. The first-order valence-electron chi connectivity index (χ1n) is 2.11. The topological polar surface area (TPSA) is 73.5 Å². The van der Waals surface area contributed by atoms with E-state index in [2.05, 4.69) is 0 Å². The Morgan fingerprint density at radius 2 is 1.89 bits per heavy atom. The highest BCUT2D eigenvalue weighted by Gasteiger charge is 2.37. The summed E-state index contributed by atoms with van der Waals surface area (Å²) in [7, 11) is 0. The largest absolute Gasteiger partial charge is 0.369 e. The van der Waals surface area contributed by atoms with Crippen molar-refractivity contribution in [2.45, 2.75) is 12.5 Å². The third kappa shape index (κ3) is 4.93. The lowest BCUT2D eigenvalue weighted by molar-refractivity contribution is 0.330. The van der Waals surface area contributed by atoms with Crippen LogP contribution in [0, 0.1) is 0 Å². The van der Waals surface area contributed by atoms with E-state index in [0.29, 0.717) is 6.54 Å². The molecule has 0 bridgehead atoms. The summed E-state index contributed by atoms with van der Waals surface area (Å²) >= 11 is 0. The lowest BCUT2D eigenvalue weighted by Crippen LogP contribution is -2.18. The third-order valence-corrected chi connectivity index (χ3v) is 1.07. The van der Waals surface area contributed by atoms with Crippen molar-refractivity contribution < 1.29 is 4.74 Å². The molecule has 0 aromatic carbocycles. The van der Waals surface area contributed by atoms with E-state index in [1.165, 1.54) is 0 Å². The van der Waals surface area contributed by atoms with Gasteiger partial charge in [0.25, 0.3) is 0 Å². The van der Waals surface area contributed by atoms with Crippen molar-refractivity contribution in [3.63, 3.8) is 0 Å². The molecule has 0 aromatic rings. The van der Waals surface area contributed by atoms with Gasteiger partial charge in [0.2, 0.25) is 0 Å². The summed E-state index contributed by atoms with van der Waals surface area (Å²) < 4.78 is 4.92. The molecule has 0 radical (unpaired) electrons. The Kier molecular flexibility index (Phi) is 9.48. The van der Waals surface area contributed by atoms with Crippen LogP contribution >= 0.6 is 24.8 Å². The minimum atomic E-state index is 0. The van der Waals surface area contributed by atoms with Crippen molar-refractivity contribution >= 4 is 24.8 Å². The summed E-state index contributed by atoms with van der Waals surface area (Å²) in [5, 5.41) is 0. The standard InChI is InChI=1S/C4H9NO.2ClH.H3N/c1-4(2-5)3-6-4;;;/h2-3,5H2,1H3;2*1H;1H3. The van der Waals surface area contributed by atoms with Gasteiger partial charge in [-0.05, 0) is 6.92 Å². The molecule has 0 amide bonds. The minimum Gasteiger partial charge on any atom is -0.369 e. The molecule has 1 aliphatic heterocycles. The van der Waals surface area contributed by atoms with Crippen molar-refractivity contribution in [1.82, 2.24) is 6.15 Å². The molecule has 60 valence electrons. The fourth-order valence-corrected chi connectivity index (χ4v) is 0.241. The van der Waals surface area contributed by atoms with Gasteiger partial charge in [-0.25, -0.2) is 0 Å². The van der Waals surface area contributed by atoms with E-state index in [-0.39, 0.29) is 36.6 Å². The predicted octanol–water partition coefficient (Wildman–Crippen LogP) is 0.740. The molecule has 1 rings (SSSR count). The van der Waals surface area contributed by atoms with Gasteiger partial charge in [-0.2, -0.15) is 0 Å². The van der Waals surface area contributed by atoms with E-state index in [0.717, 1.165) is 6.61 Å². The Morgan fingerprint density at radius 1 is 1.56 bits per heavy atom. The normalized spacial score (nSPS) is 28.7. The van der Waals surface area contributed by atoms with Crippen LogP contribution in [0.4, 0.5) is 0 Å². The first-order chi connectivity index (χ1) is 2.77. The van der Waals surface area contributed by atoms with Crippen LogP contribution in [0.5, 0.6) is 0 Å². The van der Waals surface area contributed by atoms with Crippen molar-refractivity contribution in [2.75, 3.05) is 13.2 Å². The maximum Gasteiger partial charge on any atom is 0.101 e. The zero-order valence-electron chi connectivity index (χ0n) is 5.42. The number of nitrogens with two attached hydrogens (primary N) is 1. The fraction of sp³-hybridized carbons (Fsp3) is 1.00. The van der Waals surface area contributed by atoms with Crippen LogP contribution < -0.4 is 11.9 Å². The quantitative estimate of drug-likeness (QED) is 0.580. The monoisotopic (exact) mass is 176 g/mol. The predicted molar refractivity (Wildman–Crippen MR) is 42.9 cm³/mol. The summed E-state index contributed by atoms with van der Waals surface area (Å²) in [4.78, 5) is 0. The maximum atomic E-state index is 5.24. The molecule has 1 aliphatic rings. The smallest absolute Gasteiger partial charge is 0.101 e. The van der Waals surface area contributed by atoms with E-state index in [1.807, 2.05) is 6.92 Å². The molecular weight excluding hydrogens is 163 g/mol. The molecule has 1 saturated heterocycles. The van der Waals surface area contributed by atoms with E-state index >= 15 is 0 Å². The zero-order chi connectivity index (χ0) is 4.62. The van der Waals surface area contributed by atoms with Crippen molar-refractivity contribution in [2.24, 2.45) is 5.73 Å². The number of ether oxygens (including phenoxy) is 1. The summed E-state index contributed by atoms with van der Waals surface area (Å²) in [6.07, 6.45) is 0. The van der Waals surface area contributed by atoms with E-state index in [4.69, 9.17) is 10.5 Å². The molecule has 0 spiro atoms. The van der Waals surface area contributed by atoms with Crippen LogP contribution in [0.1, 0.15) is 6.92 Å². The van der Waals surface area contributed by atoms with Crippen molar-refractivity contribution in [1.29, 1.82) is 0 Å². The Hall–Kier alpha value is 0.460. The number of hydrogen-bond acceptors (Lipinski definition) is 3. The molecule has 0 saturated carbocycles. The Morgan fingerprint density at radius 3 is 1.89 bits per heavy atom. The minimum absolute atomic E-state index is 0. The van der Waals surface area contributed by atoms with Gasteiger partial charge in [0.15, 0.2) is 0 Å². The second-order valence-electron chi connectivity index (χ2n) is 1.94. The van der Waals surface area contributed by atoms with Crippen molar-refractivity contribution in [3.8, 4) is 0 Å². The molecule has 5 N–H and O–H groups in total. The van der Waals surface area contributed by atoms with Gasteiger partial charge in [0.05, 0.1) is 6.61 Å². The highest BCUT2D eigenvalue weighted by molar-refractivity contribution is 5.85. The highest BCUT2D eigenvalue weighted by Crippen LogP contribution is 2.22. The molecule has 1 atom stereocenters. The van der Waals surface area contributed by atoms with Crippen LogP contribution in [-0.2, 0) is 4.74 Å². The van der Waals surface area contributed by atoms with Gasteiger partial charge >= 0.3 is 0 Å². The van der Waals surface area contributed by atoms with Crippen LogP contribution in [0.3, 0.4) is 0 Å². The van der Waals surface area contributed by atoms with Gasteiger partial charge in [-0.3, -0.25) is 0 Å². The summed E-state index contributed by atoms with van der Waals surface area (Å²) in [5.41, 5.74) is 5.31. The van der Waals surface area contributed by atoms with Gasteiger partial charge in [0, 0.05) is 6.54 Å².